The fraction of sp³-hybridized carbons (Fsp3) is 0.500. The third kappa shape index (κ3) is 3.07. The van der Waals surface area contributed by atoms with Gasteiger partial charge in [-0.2, -0.15) is 0 Å². The van der Waals surface area contributed by atoms with Crippen LogP contribution in [-0.4, -0.2) is 22.5 Å². The monoisotopic (exact) mass is 298 g/mol. The van der Waals surface area contributed by atoms with Crippen molar-refractivity contribution >= 4 is 27.5 Å². The van der Waals surface area contributed by atoms with E-state index in [9.17, 15) is 9.59 Å². The van der Waals surface area contributed by atoms with Gasteiger partial charge in [-0.1, -0.05) is 20.8 Å². The Kier molecular flexibility index (Phi) is 5.88. The molecule has 0 spiro atoms. The summed E-state index contributed by atoms with van der Waals surface area (Å²) < 4.78 is 4.83. The van der Waals surface area contributed by atoms with E-state index in [-0.39, 0.29) is 19.4 Å². The highest BCUT2D eigenvalue weighted by molar-refractivity contribution is 7.18. The van der Waals surface area contributed by atoms with Gasteiger partial charge in [-0.25, -0.2) is 9.78 Å². The molecule has 0 fully saturated rings. The van der Waals surface area contributed by atoms with Crippen LogP contribution in [0.3, 0.4) is 0 Å². The molecule has 0 atom stereocenters. The molecule has 0 radical (unpaired) electrons. The Hall–Kier alpha value is -1.69. The molecule has 2 aromatic heterocycles. The standard InChI is InChI=1S/C12H14N2O3S.C2H6.H2/c1-4-7-6(3)18-11-8(7)10(15)13-9(14-11)12(16)17-5-2;1-2;/h4-5H2,1-3H3,(H,13,14,15);1-2H3;1H. The lowest BCUT2D eigenvalue weighted by molar-refractivity contribution is 0.0512. The number of carbonyl (C=O) groups excluding carboxylic acids is 1. The third-order valence-electron chi connectivity index (χ3n) is 2.69. The zero-order valence-corrected chi connectivity index (χ0v) is 13.3. The van der Waals surface area contributed by atoms with Gasteiger partial charge in [0.1, 0.15) is 4.83 Å². The Morgan fingerprint density at radius 2 is 2.05 bits per heavy atom. The summed E-state index contributed by atoms with van der Waals surface area (Å²) in [5, 5.41) is 0.591. The minimum Gasteiger partial charge on any atom is -0.460 e. The molecule has 2 rings (SSSR count). The fourth-order valence-electron chi connectivity index (χ4n) is 1.90. The number of ether oxygens (including phenoxy) is 1. The van der Waals surface area contributed by atoms with E-state index >= 15 is 0 Å². The van der Waals surface area contributed by atoms with Crippen LogP contribution in [0.5, 0.6) is 0 Å². The number of hydrogen-bond acceptors (Lipinski definition) is 5. The number of aromatic nitrogens is 2. The highest BCUT2D eigenvalue weighted by Crippen LogP contribution is 2.27. The first-order valence-corrected chi connectivity index (χ1v) is 7.59. The normalized spacial score (nSPS) is 10.1. The van der Waals surface area contributed by atoms with E-state index in [4.69, 9.17) is 4.74 Å². The Morgan fingerprint density at radius 3 is 2.60 bits per heavy atom. The van der Waals surface area contributed by atoms with E-state index in [0.29, 0.717) is 10.2 Å². The molecule has 6 heteroatoms. The Bertz CT molecular complexity index is 664. The minimum absolute atomic E-state index is 0. The van der Waals surface area contributed by atoms with E-state index in [1.54, 1.807) is 6.92 Å². The maximum absolute atomic E-state index is 12.0. The molecule has 0 amide bonds. The number of rotatable bonds is 3. The van der Waals surface area contributed by atoms with E-state index in [1.807, 2.05) is 27.7 Å². The largest absolute Gasteiger partial charge is 0.460 e. The van der Waals surface area contributed by atoms with Gasteiger partial charge in [0.05, 0.1) is 12.0 Å². The second kappa shape index (κ2) is 7.19. The zero-order valence-electron chi connectivity index (χ0n) is 12.5. The van der Waals surface area contributed by atoms with Crippen LogP contribution >= 0.6 is 11.3 Å². The minimum atomic E-state index is -0.597. The van der Waals surface area contributed by atoms with E-state index < -0.39 is 5.97 Å². The highest BCUT2D eigenvalue weighted by Gasteiger charge is 2.17. The van der Waals surface area contributed by atoms with Crippen molar-refractivity contribution in [2.75, 3.05) is 6.61 Å². The van der Waals surface area contributed by atoms with E-state index in [1.165, 1.54) is 11.3 Å². The van der Waals surface area contributed by atoms with Crippen molar-refractivity contribution in [3.05, 3.63) is 26.6 Å². The van der Waals surface area contributed by atoms with Gasteiger partial charge < -0.3 is 9.72 Å². The number of thiophene rings is 1. The van der Waals surface area contributed by atoms with Gasteiger partial charge in [0.15, 0.2) is 0 Å². The summed E-state index contributed by atoms with van der Waals surface area (Å²) in [6.07, 6.45) is 0.773. The number of esters is 1. The Balaban J connectivity index is 0.00000128. The van der Waals surface area contributed by atoms with Crippen molar-refractivity contribution in [3.63, 3.8) is 0 Å². The van der Waals surface area contributed by atoms with Gasteiger partial charge in [0.2, 0.25) is 5.82 Å². The summed E-state index contributed by atoms with van der Waals surface area (Å²) in [6.45, 7) is 9.91. The second-order valence-corrected chi connectivity index (χ2v) is 5.01. The van der Waals surface area contributed by atoms with Gasteiger partial charge in [0.25, 0.3) is 5.56 Å². The van der Waals surface area contributed by atoms with Crippen LogP contribution in [0.4, 0.5) is 0 Å². The van der Waals surface area contributed by atoms with E-state index in [0.717, 1.165) is 16.9 Å². The molecule has 0 bridgehead atoms. The second-order valence-electron chi connectivity index (χ2n) is 3.81. The number of aromatic amines is 1. The number of fused-ring (bicyclic) bond motifs is 1. The molecule has 2 heterocycles. The Morgan fingerprint density at radius 1 is 1.40 bits per heavy atom. The predicted octanol–water partition coefficient (Wildman–Crippen LogP) is 3.30. The van der Waals surface area contributed by atoms with Gasteiger partial charge in [-0.05, 0) is 25.8 Å². The molecule has 5 nitrogen and oxygen atoms in total. The molecule has 0 aliphatic carbocycles. The maximum atomic E-state index is 12.0. The lowest BCUT2D eigenvalue weighted by atomic mass is 10.1. The molecule has 0 unspecified atom stereocenters. The molecule has 112 valence electrons. The van der Waals surface area contributed by atoms with Gasteiger partial charge in [0, 0.05) is 6.30 Å². The topological polar surface area (TPSA) is 72.0 Å². The number of nitrogens with one attached hydrogen (secondary N) is 1. The maximum Gasteiger partial charge on any atom is 0.374 e. The molecular weight excluding hydrogens is 276 g/mol. The van der Waals surface area contributed by atoms with Crippen LogP contribution in [0.1, 0.15) is 50.2 Å². The van der Waals surface area contributed by atoms with Crippen molar-refractivity contribution in [1.29, 1.82) is 0 Å². The lowest BCUT2D eigenvalue weighted by Crippen LogP contribution is -2.17. The van der Waals surface area contributed by atoms with Crippen molar-refractivity contribution in [2.24, 2.45) is 0 Å². The van der Waals surface area contributed by atoms with Gasteiger partial charge >= 0.3 is 5.97 Å². The van der Waals surface area contributed by atoms with Crippen LogP contribution in [-0.2, 0) is 11.2 Å². The summed E-state index contributed by atoms with van der Waals surface area (Å²) in [7, 11) is 0. The molecular formula is C14H22N2O3S. The van der Waals surface area contributed by atoms with Crippen LogP contribution in [0.25, 0.3) is 10.2 Å². The number of aryl methyl sites for hydroxylation is 2. The predicted molar refractivity (Wildman–Crippen MR) is 83.8 cm³/mol. The lowest BCUT2D eigenvalue weighted by Gasteiger charge is -2.00. The summed E-state index contributed by atoms with van der Waals surface area (Å²) in [5.41, 5.74) is 0.725. The molecule has 2 aromatic rings. The first-order valence-electron chi connectivity index (χ1n) is 6.77. The number of carbonyl (C=O) groups is 1. The van der Waals surface area contributed by atoms with Crippen LogP contribution in [0, 0.1) is 6.92 Å². The van der Waals surface area contributed by atoms with Crippen molar-refractivity contribution < 1.29 is 11.0 Å². The fourth-order valence-corrected chi connectivity index (χ4v) is 3.01. The van der Waals surface area contributed by atoms with Crippen LogP contribution < -0.4 is 5.56 Å². The number of H-pyrrole nitrogens is 1. The van der Waals surface area contributed by atoms with Crippen molar-refractivity contribution in [3.8, 4) is 0 Å². The summed E-state index contributed by atoms with van der Waals surface area (Å²) >= 11 is 1.43. The van der Waals surface area contributed by atoms with Crippen molar-refractivity contribution in [1.82, 2.24) is 9.97 Å². The summed E-state index contributed by atoms with van der Waals surface area (Å²) in [4.78, 5) is 31.9. The highest BCUT2D eigenvalue weighted by atomic mass is 32.1. The molecule has 0 aliphatic rings. The first-order chi connectivity index (χ1) is 9.58. The number of hydrogen-bond donors (Lipinski definition) is 1. The zero-order chi connectivity index (χ0) is 15.3. The van der Waals surface area contributed by atoms with Crippen LogP contribution in [0.15, 0.2) is 4.79 Å². The average molecular weight is 298 g/mol. The quantitative estimate of drug-likeness (QED) is 0.882. The smallest absolute Gasteiger partial charge is 0.374 e. The van der Waals surface area contributed by atoms with Gasteiger partial charge in [-0.15, -0.1) is 11.3 Å². The third-order valence-corrected chi connectivity index (χ3v) is 3.73. The Labute approximate surface area is 123 Å². The van der Waals surface area contributed by atoms with Crippen LogP contribution in [0.2, 0.25) is 0 Å². The summed E-state index contributed by atoms with van der Waals surface area (Å²) in [5.74, 6) is -0.626. The molecule has 0 saturated heterocycles. The molecule has 1 N–H and O–H groups in total. The summed E-state index contributed by atoms with van der Waals surface area (Å²) in [6, 6.07) is 0. The molecule has 0 aliphatic heterocycles. The van der Waals surface area contributed by atoms with Crippen molar-refractivity contribution in [2.45, 2.75) is 41.0 Å². The number of nitrogens with zero attached hydrogens (tertiary/aromatic N) is 1. The first kappa shape index (κ1) is 16.4. The molecule has 0 aromatic carbocycles. The van der Waals surface area contributed by atoms with Gasteiger partial charge in [-0.3, -0.25) is 4.79 Å². The molecule has 20 heavy (non-hydrogen) atoms. The van der Waals surface area contributed by atoms with E-state index in [2.05, 4.69) is 9.97 Å². The average Bonchev–Trinajstić information content (AvgIpc) is 2.77. The SMILES string of the molecule is CC.CCOC(=O)c1nc2sc(C)c(CC)c2c(=O)[nH]1.[HH]. The molecule has 0 saturated carbocycles.